The Morgan fingerprint density at radius 1 is 1.13 bits per heavy atom. The molecule has 1 heterocycles. The highest BCUT2D eigenvalue weighted by atomic mass is 15.2. The Morgan fingerprint density at radius 2 is 1.73 bits per heavy atom. The molecule has 1 aromatic rings. The van der Waals surface area contributed by atoms with E-state index in [1.54, 1.807) is 0 Å². The quantitative estimate of drug-likeness (QED) is 0.793. The van der Waals surface area contributed by atoms with Crippen LogP contribution in [0.4, 0.5) is 0 Å². The molecule has 0 aromatic heterocycles. The standard InChI is InChI=1S/C13H18N2/c14-13(6-3-7-13)10-15-8-11-4-1-2-5-12(11)9-15/h1-2,4-5H,3,6-10,14H2. The van der Waals surface area contributed by atoms with Crippen LogP contribution < -0.4 is 5.73 Å². The highest BCUT2D eigenvalue weighted by Gasteiger charge is 2.35. The van der Waals surface area contributed by atoms with Crippen molar-refractivity contribution >= 4 is 0 Å². The van der Waals surface area contributed by atoms with Crippen molar-refractivity contribution in [2.45, 2.75) is 37.9 Å². The largest absolute Gasteiger partial charge is 0.324 e. The third kappa shape index (κ3) is 1.68. The molecular weight excluding hydrogens is 184 g/mol. The van der Waals surface area contributed by atoms with E-state index in [9.17, 15) is 0 Å². The van der Waals surface area contributed by atoms with Crippen molar-refractivity contribution in [1.82, 2.24) is 4.90 Å². The number of fused-ring (bicyclic) bond motifs is 1. The molecule has 0 amide bonds. The van der Waals surface area contributed by atoms with Crippen molar-refractivity contribution < 1.29 is 0 Å². The van der Waals surface area contributed by atoms with Crippen LogP contribution in [0.3, 0.4) is 0 Å². The minimum atomic E-state index is 0.127. The number of hydrogen-bond acceptors (Lipinski definition) is 2. The molecule has 1 saturated carbocycles. The van der Waals surface area contributed by atoms with Gasteiger partial charge in [0.2, 0.25) is 0 Å². The van der Waals surface area contributed by atoms with Crippen LogP contribution in [0.1, 0.15) is 30.4 Å². The van der Waals surface area contributed by atoms with E-state index in [-0.39, 0.29) is 5.54 Å². The van der Waals surface area contributed by atoms with Gasteiger partial charge in [-0.2, -0.15) is 0 Å². The monoisotopic (exact) mass is 202 g/mol. The molecule has 2 heteroatoms. The van der Waals surface area contributed by atoms with Crippen LogP contribution in [0.5, 0.6) is 0 Å². The normalized spacial score (nSPS) is 23.5. The molecule has 80 valence electrons. The summed E-state index contributed by atoms with van der Waals surface area (Å²) in [6, 6.07) is 8.73. The summed E-state index contributed by atoms with van der Waals surface area (Å²) in [4.78, 5) is 2.49. The van der Waals surface area contributed by atoms with Gasteiger partial charge in [-0.15, -0.1) is 0 Å². The fourth-order valence-electron chi connectivity index (χ4n) is 2.75. The summed E-state index contributed by atoms with van der Waals surface area (Å²) in [5, 5.41) is 0. The fraction of sp³-hybridized carbons (Fsp3) is 0.538. The topological polar surface area (TPSA) is 29.3 Å². The van der Waals surface area contributed by atoms with Gasteiger partial charge in [-0.1, -0.05) is 24.3 Å². The van der Waals surface area contributed by atoms with Gasteiger partial charge in [0.15, 0.2) is 0 Å². The van der Waals surface area contributed by atoms with Crippen LogP contribution in [0.15, 0.2) is 24.3 Å². The van der Waals surface area contributed by atoms with Crippen molar-refractivity contribution in [1.29, 1.82) is 0 Å². The zero-order valence-electron chi connectivity index (χ0n) is 9.08. The van der Waals surface area contributed by atoms with Crippen molar-refractivity contribution in [3.05, 3.63) is 35.4 Å². The third-order valence-corrected chi connectivity index (χ3v) is 3.79. The summed E-state index contributed by atoms with van der Waals surface area (Å²) >= 11 is 0. The lowest BCUT2D eigenvalue weighted by molar-refractivity contribution is 0.144. The molecule has 0 saturated heterocycles. The van der Waals surface area contributed by atoms with E-state index in [0.717, 1.165) is 19.6 Å². The van der Waals surface area contributed by atoms with Gasteiger partial charge in [0.1, 0.15) is 0 Å². The molecule has 2 aliphatic rings. The first kappa shape index (κ1) is 9.37. The molecule has 15 heavy (non-hydrogen) atoms. The van der Waals surface area contributed by atoms with Crippen molar-refractivity contribution in [3.63, 3.8) is 0 Å². The van der Waals surface area contributed by atoms with Gasteiger partial charge in [-0.25, -0.2) is 0 Å². The van der Waals surface area contributed by atoms with Crippen molar-refractivity contribution in [2.24, 2.45) is 5.73 Å². The SMILES string of the molecule is NC1(CN2Cc3ccccc3C2)CCC1. The minimum absolute atomic E-state index is 0.127. The Labute approximate surface area is 91.1 Å². The van der Waals surface area contributed by atoms with Crippen molar-refractivity contribution in [3.8, 4) is 0 Å². The summed E-state index contributed by atoms with van der Waals surface area (Å²) in [6.07, 6.45) is 3.73. The van der Waals surface area contributed by atoms with Crippen LogP contribution >= 0.6 is 0 Å². The maximum absolute atomic E-state index is 6.28. The van der Waals surface area contributed by atoms with Crippen molar-refractivity contribution in [2.75, 3.05) is 6.54 Å². The fourth-order valence-corrected chi connectivity index (χ4v) is 2.75. The van der Waals surface area contributed by atoms with E-state index < -0.39 is 0 Å². The zero-order valence-corrected chi connectivity index (χ0v) is 9.08. The van der Waals surface area contributed by atoms with E-state index in [4.69, 9.17) is 5.73 Å². The molecule has 1 aromatic carbocycles. The lowest BCUT2D eigenvalue weighted by atomic mass is 9.77. The summed E-state index contributed by atoms with van der Waals surface area (Å²) < 4.78 is 0. The molecule has 1 fully saturated rings. The van der Waals surface area contributed by atoms with Gasteiger partial charge in [0, 0.05) is 25.2 Å². The molecule has 0 radical (unpaired) electrons. The Balaban J connectivity index is 1.68. The molecule has 1 aliphatic heterocycles. The van der Waals surface area contributed by atoms with E-state index >= 15 is 0 Å². The summed E-state index contributed by atoms with van der Waals surface area (Å²) in [5.74, 6) is 0. The first-order valence-corrected chi connectivity index (χ1v) is 5.83. The van der Waals surface area contributed by atoms with E-state index in [1.807, 2.05) is 0 Å². The number of nitrogens with two attached hydrogens (primary N) is 1. The maximum Gasteiger partial charge on any atom is 0.0283 e. The molecule has 0 spiro atoms. The molecule has 1 aliphatic carbocycles. The van der Waals surface area contributed by atoms with E-state index in [2.05, 4.69) is 29.2 Å². The number of nitrogens with zero attached hydrogens (tertiary/aromatic N) is 1. The maximum atomic E-state index is 6.28. The molecule has 0 unspecified atom stereocenters. The molecule has 2 N–H and O–H groups in total. The van der Waals surface area contributed by atoms with Gasteiger partial charge in [0.05, 0.1) is 0 Å². The Morgan fingerprint density at radius 3 is 2.20 bits per heavy atom. The molecule has 0 bridgehead atoms. The molecule has 2 nitrogen and oxygen atoms in total. The number of hydrogen-bond donors (Lipinski definition) is 1. The average molecular weight is 202 g/mol. The third-order valence-electron chi connectivity index (χ3n) is 3.79. The summed E-state index contributed by atoms with van der Waals surface area (Å²) in [7, 11) is 0. The van der Waals surface area contributed by atoms with E-state index in [0.29, 0.717) is 0 Å². The van der Waals surface area contributed by atoms with E-state index in [1.165, 1.54) is 30.4 Å². The number of benzene rings is 1. The average Bonchev–Trinajstić information content (AvgIpc) is 2.57. The molecule has 0 atom stereocenters. The van der Waals surface area contributed by atoms with Crippen LogP contribution in [-0.2, 0) is 13.1 Å². The predicted molar refractivity (Wildman–Crippen MR) is 61.3 cm³/mol. The van der Waals surface area contributed by atoms with Crippen LogP contribution in [-0.4, -0.2) is 17.0 Å². The Hall–Kier alpha value is -0.860. The second-order valence-electron chi connectivity index (χ2n) is 5.13. The molecule has 3 rings (SSSR count). The second kappa shape index (κ2) is 3.32. The van der Waals surface area contributed by atoms with Gasteiger partial charge in [0.25, 0.3) is 0 Å². The predicted octanol–water partition coefficient (Wildman–Crippen LogP) is 1.88. The van der Waals surface area contributed by atoms with Crippen LogP contribution in [0.25, 0.3) is 0 Å². The van der Waals surface area contributed by atoms with Crippen LogP contribution in [0.2, 0.25) is 0 Å². The smallest absolute Gasteiger partial charge is 0.0283 e. The Bertz CT molecular complexity index is 344. The van der Waals surface area contributed by atoms with Gasteiger partial charge < -0.3 is 5.73 Å². The van der Waals surface area contributed by atoms with Crippen LogP contribution in [0, 0.1) is 0 Å². The second-order valence-corrected chi connectivity index (χ2v) is 5.13. The molecular formula is C13H18N2. The minimum Gasteiger partial charge on any atom is -0.324 e. The first-order chi connectivity index (χ1) is 7.25. The van der Waals surface area contributed by atoms with Gasteiger partial charge in [-0.3, -0.25) is 4.90 Å². The zero-order chi connectivity index (χ0) is 10.3. The lowest BCUT2D eigenvalue weighted by Crippen LogP contribution is -2.54. The lowest BCUT2D eigenvalue weighted by Gasteiger charge is -2.40. The van der Waals surface area contributed by atoms with Gasteiger partial charge in [-0.05, 0) is 30.4 Å². The van der Waals surface area contributed by atoms with Gasteiger partial charge >= 0.3 is 0 Å². The first-order valence-electron chi connectivity index (χ1n) is 5.83. The summed E-state index contributed by atoms with van der Waals surface area (Å²) in [6.45, 7) is 3.26. The number of rotatable bonds is 2. The highest BCUT2D eigenvalue weighted by Crippen LogP contribution is 2.32. The Kier molecular flexibility index (Phi) is 2.08. The highest BCUT2D eigenvalue weighted by molar-refractivity contribution is 5.30. The summed E-state index contributed by atoms with van der Waals surface area (Å²) in [5.41, 5.74) is 9.38.